The summed E-state index contributed by atoms with van der Waals surface area (Å²) >= 11 is 0. The highest BCUT2D eigenvalue weighted by molar-refractivity contribution is 5.96. The maximum absolute atomic E-state index is 2.46. The normalized spacial score (nSPS) is 13.1. The molecule has 1 heteroatoms. The Morgan fingerprint density at radius 1 is 0.346 bits per heavy atom. The van der Waals surface area contributed by atoms with Crippen molar-refractivity contribution in [2.24, 2.45) is 0 Å². The van der Waals surface area contributed by atoms with Crippen molar-refractivity contribution >= 4 is 28.2 Å². The summed E-state index contributed by atoms with van der Waals surface area (Å²) in [6, 6.07) is 70.3. The Balaban J connectivity index is 1.09. The summed E-state index contributed by atoms with van der Waals surface area (Å²) in [6.45, 7) is 4.72. The summed E-state index contributed by atoms with van der Waals surface area (Å²) in [6.07, 6.45) is 2.42. The largest absolute Gasteiger partial charge is 0.313 e. The minimum Gasteiger partial charge on any atom is -0.313 e. The first-order chi connectivity index (χ1) is 25.5. The van der Waals surface area contributed by atoms with Crippen LogP contribution in [0.3, 0.4) is 0 Å². The smallest absolute Gasteiger partial charge is 0.0459 e. The number of hydrogen-bond acceptors (Lipinski definition) is 1. The highest BCUT2D eigenvalue weighted by atomic mass is 15.2. The Bertz CT molecular complexity index is 2400. The summed E-state index contributed by atoms with van der Waals surface area (Å²) < 4.78 is 0. The zero-order valence-electron chi connectivity index (χ0n) is 29.5. The third-order valence-corrected chi connectivity index (χ3v) is 10.7. The van der Waals surface area contributed by atoms with Gasteiger partial charge >= 0.3 is 0 Å². The van der Waals surface area contributed by atoms with Crippen LogP contribution in [0.4, 0.5) is 11.4 Å². The molecule has 0 aromatic heterocycles. The van der Waals surface area contributed by atoms with Gasteiger partial charge in [0.05, 0.1) is 0 Å². The van der Waals surface area contributed by atoms with E-state index in [0.29, 0.717) is 0 Å². The lowest BCUT2D eigenvalue weighted by molar-refractivity contribution is 0.627. The van der Waals surface area contributed by atoms with Crippen LogP contribution in [0, 0.1) is 0 Å². The van der Waals surface area contributed by atoms with Crippen molar-refractivity contribution in [1.29, 1.82) is 0 Å². The quantitative estimate of drug-likeness (QED) is 0.164. The molecule has 8 aromatic rings. The topological polar surface area (TPSA) is 3.24 Å². The molecule has 0 saturated heterocycles. The fourth-order valence-electron chi connectivity index (χ4n) is 7.80. The highest BCUT2D eigenvalue weighted by Crippen LogP contribution is 2.49. The highest BCUT2D eigenvalue weighted by Gasteiger charge is 2.38. The number of nitrogens with zero attached hydrogens (tertiary/aromatic N) is 1. The average molecular weight is 666 g/mol. The third-order valence-electron chi connectivity index (χ3n) is 10.7. The van der Waals surface area contributed by atoms with E-state index in [2.05, 4.69) is 219 Å². The number of allylic oxidation sites excluding steroid dienone is 1. The van der Waals surface area contributed by atoms with E-state index in [4.69, 9.17) is 0 Å². The second kappa shape index (κ2) is 13.0. The van der Waals surface area contributed by atoms with Crippen LogP contribution in [0.15, 0.2) is 200 Å². The van der Waals surface area contributed by atoms with Crippen LogP contribution in [0.25, 0.3) is 61.4 Å². The van der Waals surface area contributed by atoms with Gasteiger partial charge < -0.3 is 4.90 Å². The van der Waals surface area contributed by atoms with Gasteiger partial charge in [0.2, 0.25) is 0 Å². The lowest BCUT2D eigenvalue weighted by atomic mass is 9.82. The molecular formula is C51H39N. The van der Waals surface area contributed by atoms with Gasteiger partial charge in [-0.05, 0) is 96.7 Å². The summed E-state index contributed by atoms with van der Waals surface area (Å²) in [7, 11) is 0. The van der Waals surface area contributed by atoms with Gasteiger partial charge in [-0.15, -0.1) is 0 Å². The van der Waals surface area contributed by atoms with Crippen LogP contribution in [0.2, 0.25) is 0 Å². The summed E-state index contributed by atoms with van der Waals surface area (Å²) in [5, 5.41) is 2.57. The number of benzene rings is 8. The number of rotatable bonds is 7. The van der Waals surface area contributed by atoms with E-state index in [9.17, 15) is 0 Å². The Morgan fingerprint density at radius 3 is 1.15 bits per heavy atom. The molecule has 0 radical (unpaired) electrons. The zero-order chi connectivity index (χ0) is 35.1. The van der Waals surface area contributed by atoms with Gasteiger partial charge in [-0.2, -0.15) is 0 Å². The lowest BCUT2D eigenvalue weighted by Gasteiger charge is -2.35. The minimum atomic E-state index is -0.211. The SMILES string of the molecule is CC1(C)C(N(c2ccc(-c3ccc(-c4ccccc4)cc3)cc2)c2ccc(-c3ccc(-c4ccccc4)cc3)cc2)=Cc2c1ccc1ccccc21. The summed E-state index contributed by atoms with van der Waals surface area (Å²) in [5.74, 6) is 0. The number of anilines is 2. The first-order valence-electron chi connectivity index (χ1n) is 18.1. The van der Waals surface area contributed by atoms with E-state index < -0.39 is 0 Å². The molecule has 0 unspecified atom stereocenters. The maximum atomic E-state index is 2.46. The molecule has 8 aromatic carbocycles. The maximum Gasteiger partial charge on any atom is 0.0459 e. The Hall–Kier alpha value is -6.44. The van der Waals surface area contributed by atoms with E-state index in [0.717, 1.165) is 11.4 Å². The molecule has 0 heterocycles. The predicted molar refractivity (Wildman–Crippen MR) is 222 cm³/mol. The van der Waals surface area contributed by atoms with Gasteiger partial charge in [0, 0.05) is 22.5 Å². The molecule has 0 spiro atoms. The van der Waals surface area contributed by atoms with Crippen molar-refractivity contribution in [3.63, 3.8) is 0 Å². The van der Waals surface area contributed by atoms with Gasteiger partial charge in [-0.3, -0.25) is 0 Å². The molecule has 0 amide bonds. The summed E-state index contributed by atoms with van der Waals surface area (Å²) in [5.41, 5.74) is 15.7. The standard InChI is InChI=1S/C51H39N/c1-51(2)49-34-29-44-15-9-10-16-47(44)48(49)35-50(51)52(45-30-25-42(26-31-45)40-21-17-38(18-22-40)36-11-5-3-6-12-36)46-32-27-43(28-33-46)41-23-19-39(20-24-41)37-13-7-4-8-14-37/h3-35H,1-2H3. The van der Waals surface area contributed by atoms with Crippen molar-refractivity contribution in [2.75, 3.05) is 4.90 Å². The number of hydrogen-bond donors (Lipinski definition) is 0. The fourth-order valence-corrected chi connectivity index (χ4v) is 7.80. The van der Waals surface area contributed by atoms with Crippen molar-refractivity contribution in [1.82, 2.24) is 0 Å². The molecule has 1 aliphatic carbocycles. The second-order valence-corrected chi connectivity index (χ2v) is 14.2. The molecule has 0 aliphatic heterocycles. The third kappa shape index (κ3) is 5.71. The van der Waals surface area contributed by atoms with Gasteiger partial charge in [0.15, 0.2) is 0 Å². The molecule has 0 saturated carbocycles. The van der Waals surface area contributed by atoms with Crippen LogP contribution in [-0.2, 0) is 5.41 Å². The average Bonchev–Trinajstić information content (AvgIpc) is 3.49. The molecule has 1 aliphatic rings. The monoisotopic (exact) mass is 665 g/mol. The van der Waals surface area contributed by atoms with Crippen molar-refractivity contribution < 1.29 is 0 Å². The Kier molecular flexibility index (Phi) is 7.90. The molecule has 0 atom stereocenters. The van der Waals surface area contributed by atoms with Crippen molar-refractivity contribution in [3.8, 4) is 44.5 Å². The zero-order valence-corrected chi connectivity index (χ0v) is 29.5. The molecular weight excluding hydrogens is 627 g/mol. The van der Waals surface area contributed by atoms with Gasteiger partial charge in [-0.25, -0.2) is 0 Å². The molecule has 0 N–H and O–H groups in total. The molecule has 9 rings (SSSR count). The first kappa shape index (κ1) is 31.5. The summed E-state index contributed by atoms with van der Waals surface area (Å²) in [4.78, 5) is 2.46. The molecule has 52 heavy (non-hydrogen) atoms. The Morgan fingerprint density at radius 2 is 0.712 bits per heavy atom. The van der Waals surface area contributed by atoms with Crippen LogP contribution in [0.5, 0.6) is 0 Å². The fraction of sp³-hybridized carbons (Fsp3) is 0.0588. The molecule has 248 valence electrons. The first-order valence-corrected chi connectivity index (χ1v) is 18.1. The molecule has 0 bridgehead atoms. The van der Waals surface area contributed by atoms with Crippen LogP contribution in [-0.4, -0.2) is 0 Å². The van der Waals surface area contributed by atoms with Gasteiger partial charge in [0.1, 0.15) is 0 Å². The van der Waals surface area contributed by atoms with E-state index in [1.54, 1.807) is 0 Å². The lowest BCUT2D eigenvalue weighted by Crippen LogP contribution is -2.29. The van der Waals surface area contributed by atoms with Crippen molar-refractivity contribution in [2.45, 2.75) is 19.3 Å². The van der Waals surface area contributed by atoms with Crippen molar-refractivity contribution in [3.05, 3.63) is 211 Å². The van der Waals surface area contributed by atoms with E-state index in [1.165, 1.54) is 72.1 Å². The van der Waals surface area contributed by atoms with Crippen LogP contribution in [0.1, 0.15) is 25.0 Å². The van der Waals surface area contributed by atoms with Gasteiger partial charge in [0.25, 0.3) is 0 Å². The molecule has 0 fully saturated rings. The van der Waals surface area contributed by atoms with Gasteiger partial charge in [-0.1, -0.05) is 184 Å². The van der Waals surface area contributed by atoms with E-state index in [1.807, 2.05) is 0 Å². The predicted octanol–water partition coefficient (Wildman–Crippen LogP) is 14.0. The van der Waals surface area contributed by atoms with E-state index in [-0.39, 0.29) is 5.41 Å². The van der Waals surface area contributed by atoms with Crippen LogP contribution >= 0.6 is 0 Å². The minimum absolute atomic E-state index is 0.211. The second-order valence-electron chi connectivity index (χ2n) is 14.2. The van der Waals surface area contributed by atoms with Crippen LogP contribution < -0.4 is 4.90 Å². The number of fused-ring (bicyclic) bond motifs is 3. The molecule has 1 nitrogen and oxygen atoms in total. The Labute approximate surface area is 306 Å². The van der Waals surface area contributed by atoms with E-state index >= 15 is 0 Å².